The third kappa shape index (κ3) is 4.17. The van der Waals surface area contributed by atoms with E-state index in [0.29, 0.717) is 29.9 Å². The maximum atomic E-state index is 12.9. The lowest BCUT2D eigenvalue weighted by Crippen LogP contribution is -2.37. The second-order valence-electron chi connectivity index (χ2n) is 7.62. The van der Waals surface area contributed by atoms with Crippen LogP contribution in [0.25, 0.3) is 10.9 Å². The van der Waals surface area contributed by atoms with Crippen molar-refractivity contribution in [3.05, 3.63) is 69.0 Å². The Kier molecular flexibility index (Phi) is 5.50. The Morgan fingerprint density at radius 2 is 1.87 bits per heavy atom. The summed E-state index contributed by atoms with van der Waals surface area (Å²) in [5.41, 5.74) is -0.0905. The van der Waals surface area contributed by atoms with Crippen molar-refractivity contribution in [1.29, 1.82) is 0 Å². The van der Waals surface area contributed by atoms with Crippen LogP contribution in [-0.2, 0) is 10.0 Å². The summed E-state index contributed by atoms with van der Waals surface area (Å²) in [6, 6.07) is 9.68. The van der Waals surface area contributed by atoms with Gasteiger partial charge in [-0.15, -0.1) is 0 Å². The number of nitrogens with zero attached hydrogens (tertiary/aromatic N) is 2. The van der Waals surface area contributed by atoms with Gasteiger partial charge in [0.15, 0.2) is 5.43 Å². The Bertz CT molecular complexity index is 1310. The lowest BCUT2D eigenvalue weighted by atomic mass is 10.0. The van der Waals surface area contributed by atoms with Crippen molar-refractivity contribution < 1.29 is 18.1 Å². The van der Waals surface area contributed by atoms with E-state index >= 15 is 0 Å². The fourth-order valence-electron chi connectivity index (χ4n) is 3.61. The third-order valence-corrected chi connectivity index (χ3v) is 7.36. The van der Waals surface area contributed by atoms with E-state index in [1.807, 2.05) is 0 Å². The zero-order chi connectivity index (χ0) is 22.2. The van der Waals surface area contributed by atoms with Crippen molar-refractivity contribution in [1.82, 2.24) is 9.29 Å². The molecule has 0 aliphatic carbocycles. The number of hydrogen-bond acceptors (Lipinski definition) is 6. The van der Waals surface area contributed by atoms with Gasteiger partial charge in [0.2, 0.25) is 15.8 Å². The van der Waals surface area contributed by atoms with Crippen LogP contribution >= 0.6 is 0 Å². The summed E-state index contributed by atoms with van der Waals surface area (Å²) < 4.78 is 32.9. The van der Waals surface area contributed by atoms with Gasteiger partial charge in [-0.2, -0.15) is 4.31 Å². The quantitative estimate of drug-likeness (QED) is 0.474. The number of nitro benzene ring substituents is 1. The minimum Gasteiger partial charge on any atom is -0.450 e. The van der Waals surface area contributed by atoms with E-state index < -0.39 is 20.6 Å². The molecule has 162 valence electrons. The number of hydrogen-bond donors (Lipinski definition) is 1. The smallest absolute Gasteiger partial charge is 0.312 e. The van der Waals surface area contributed by atoms with Gasteiger partial charge in [-0.25, -0.2) is 8.42 Å². The van der Waals surface area contributed by atoms with E-state index in [2.05, 4.69) is 11.9 Å². The number of nitrogens with one attached hydrogen (secondary N) is 1. The first-order valence-corrected chi connectivity index (χ1v) is 11.3. The monoisotopic (exact) mass is 443 g/mol. The van der Waals surface area contributed by atoms with Crippen LogP contribution in [0, 0.1) is 16.0 Å². The maximum Gasteiger partial charge on any atom is 0.312 e. The zero-order valence-electron chi connectivity index (χ0n) is 16.8. The molecule has 0 radical (unpaired) electrons. The minimum absolute atomic E-state index is 0.0890. The molecular formula is C21H21N3O6S. The lowest BCUT2D eigenvalue weighted by molar-refractivity contribution is -0.385. The molecule has 10 heteroatoms. The molecule has 1 saturated heterocycles. The van der Waals surface area contributed by atoms with Crippen molar-refractivity contribution in [2.24, 2.45) is 5.92 Å². The number of fused-ring (bicyclic) bond motifs is 1. The fourth-order valence-corrected chi connectivity index (χ4v) is 5.10. The van der Waals surface area contributed by atoms with Crippen LogP contribution in [0.5, 0.6) is 11.5 Å². The van der Waals surface area contributed by atoms with Crippen molar-refractivity contribution in [3.63, 3.8) is 0 Å². The fraction of sp³-hybridized carbons (Fsp3) is 0.286. The minimum atomic E-state index is -3.83. The number of aromatic nitrogens is 1. The van der Waals surface area contributed by atoms with Gasteiger partial charge in [-0.1, -0.05) is 6.92 Å². The molecular weight excluding hydrogens is 422 g/mol. The Hall–Kier alpha value is -3.24. The molecule has 1 aliphatic rings. The van der Waals surface area contributed by atoms with Crippen LogP contribution < -0.4 is 10.2 Å². The predicted octanol–water partition coefficient (Wildman–Crippen LogP) is 3.65. The van der Waals surface area contributed by atoms with Crippen molar-refractivity contribution in [3.8, 4) is 11.5 Å². The van der Waals surface area contributed by atoms with E-state index in [-0.39, 0.29) is 21.8 Å². The number of H-pyrrole nitrogens is 1. The molecule has 0 atom stereocenters. The number of rotatable bonds is 5. The van der Waals surface area contributed by atoms with Gasteiger partial charge < -0.3 is 9.72 Å². The highest BCUT2D eigenvalue weighted by Gasteiger charge is 2.30. The molecule has 0 amide bonds. The van der Waals surface area contributed by atoms with E-state index in [1.165, 1.54) is 34.8 Å². The average Bonchev–Trinajstić information content (AvgIpc) is 2.74. The van der Waals surface area contributed by atoms with Crippen LogP contribution in [-0.4, -0.2) is 35.7 Å². The van der Waals surface area contributed by atoms with Gasteiger partial charge in [0.05, 0.1) is 15.3 Å². The number of piperidine rings is 1. The first-order chi connectivity index (χ1) is 14.8. The largest absolute Gasteiger partial charge is 0.450 e. The molecule has 0 spiro atoms. The van der Waals surface area contributed by atoms with Crippen molar-refractivity contribution >= 4 is 26.6 Å². The normalized spacial score (nSPS) is 15.8. The van der Waals surface area contributed by atoms with Crippen molar-refractivity contribution in [2.45, 2.75) is 24.7 Å². The lowest BCUT2D eigenvalue weighted by Gasteiger charge is -2.29. The first-order valence-electron chi connectivity index (χ1n) is 9.83. The summed E-state index contributed by atoms with van der Waals surface area (Å²) in [5.74, 6) is 0.639. The number of aromatic amines is 1. The van der Waals surface area contributed by atoms with Crippen LogP contribution in [0.1, 0.15) is 19.8 Å². The Morgan fingerprint density at radius 3 is 2.58 bits per heavy atom. The molecule has 31 heavy (non-hydrogen) atoms. The van der Waals surface area contributed by atoms with Gasteiger partial charge in [0.25, 0.3) is 0 Å². The van der Waals surface area contributed by atoms with Gasteiger partial charge in [0, 0.05) is 42.9 Å². The SMILES string of the molecule is CC1CCN(S(=O)(=O)c2ccc(Oc3ccc4c(=O)cc[nH]c4c3)c([N+](=O)[O-])c2)CC1. The standard InChI is InChI=1S/C21H21N3O6S/c1-14-7-10-23(11-8-14)31(28,29)16-3-5-21(19(13-16)24(26)27)30-15-2-4-17-18(12-15)22-9-6-20(17)25/h2-6,9,12-14H,7-8,10-11H2,1H3,(H,22,25). The molecule has 1 fully saturated rings. The third-order valence-electron chi connectivity index (χ3n) is 5.47. The van der Waals surface area contributed by atoms with E-state index in [9.17, 15) is 23.3 Å². The summed E-state index contributed by atoms with van der Waals surface area (Å²) >= 11 is 0. The first kappa shape index (κ1) is 21.0. The number of pyridine rings is 1. The van der Waals surface area contributed by atoms with Gasteiger partial charge in [-0.3, -0.25) is 14.9 Å². The number of sulfonamides is 1. The molecule has 2 heterocycles. The summed E-state index contributed by atoms with van der Waals surface area (Å²) in [6.45, 7) is 2.86. The molecule has 1 aliphatic heterocycles. The number of benzene rings is 2. The number of ether oxygens (including phenoxy) is 1. The highest BCUT2D eigenvalue weighted by atomic mass is 32.2. The highest BCUT2D eigenvalue weighted by molar-refractivity contribution is 7.89. The Labute approximate surface area is 178 Å². The second-order valence-corrected chi connectivity index (χ2v) is 9.56. The molecule has 0 unspecified atom stereocenters. The van der Waals surface area contributed by atoms with Gasteiger partial charge in [-0.05, 0) is 43.0 Å². The molecule has 3 aromatic rings. The topological polar surface area (TPSA) is 123 Å². The summed E-state index contributed by atoms with van der Waals surface area (Å²) in [7, 11) is -3.83. The zero-order valence-corrected chi connectivity index (χ0v) is 17.6. The number of nitro groups is 1. The van der Waals surface area contributed by atoms with Gasteiger partial charge >= 0.3 is 5.69 Å². The molecule has 0 bridgehead atoms. The van der Waals surface area contributed by atoms with Crippen LogP contribution in [0.4, 0.5) is 5.69 Å². The molecule has 4 rings (SSSR count). The molecule has 0 saturated carbocycles. The Balaban J connectivity index is 1.67. The van der Waals surface area contributed by atoms with E-state index in [0.717, 1.165) is 18.9 Å². The molecule has 1 aromatic heterocycles. The van der Waals surface area contributed by atoms with E-state index in [4.69, 9.17) is 4.74 Å². The average molecular weight is 443 g/mol. The molecule has 2 aromatic carbocycles. The highest BCUT2D eigenvalue weighted by Crippen LogP contribution is 2.35. The summed E-state index contributed by atoms with van der Waals surface area (Å²) in [5, 5.41) is 12.1. The van der Waals surface area contributed by atoms with Crippen LogP contribution in [0.2, 0.25) is 0 Å². The second kappa shape index (κ2) is 8.12. The van der Waals surface area contributed by atoms with E-state index in [1.54, 1.807) is 12.1 Å². The van der Waals surface area contributed by atoms with Crippen LogP contribution in [0.3, 0.4) is 0 Å². The van der Waals surface area contributed by atoms with Crippen LogP contribution in [0.15, 0.2) is 58.4 Å². The summed E-state index contributed by atoms with van der Waals surface area (Å²) in [4.78, 5) is 25.6. The maximum absolute atomic E-state index is 12.9. The molecule has 1 N–H and O–H groups in total. The van der Waals surface area contributed by atoms with Gasteiger partial charge in [0.1, 0.15) is 5.75 Å². The predicted molar refractivity (Wildman–Crippen MR) is 115 cm³/mol. The van der Waals surface area contributed by atoms with Crippen molar-refractivity contribution in [2.75, 3.05) is 13.1 Å². The molecule has 9 nitrogen and oxygen atoms in total. The summed E-state index contributed by atoms with van der Waals surface area (Å²) in [6.07, 6.45) is 3.01. The Morgan fingerprint density at radius 1 is 1.13 bits per heavy atom.